The molecule has 4 rings (SSSR count). The molecule has 7 heteroatoms. The van der Waals surface area contributed by atoms with Crippen LogP contribution in [0.25, 0.3) is 22.1 Å². The molecular formula is C21H22O7. The van der Waals surface area contributed by atoms with Crippen molar-refractivity contribution in [1.82, 2.24) is 0 Å². The zero-order chi connectivity index (χ0) is 19.8. The molecule has 0 amide bonds. The van der Waals surface area contributed by atoms with Gasteiger partial charge in [-0.15, -0.1) is 0 Å². The summed E-state index contributed by atoms with van der Waals surface area (Å²) in [6, 6.07) is 12.9. The monoisotopic (exact) mass is 386 g/mol. The molecule has 1 aliphatic rings. The highest BCUT2D eigenvalue weighted by molar-refractivity contribution is 5.94. The minimum Gasteiger partial charge on any atom is -0.497 e. The van der Waals surface area contributed by atoms with E-state index in [-0.39, 0.29) is 0 Å². The first kappa shape index (κ1) is 18.9. The van der Waals surface area contributed by atoms with Gasteiger partial charge in [-0.3, -0.25) is 0 Å². The molecule has 0 spiro atoms. The van der Waals surface area contributed by atoms with Crippen LogP contribution in [0.15, 0.2) is 53.1 Å². The van der Waals surface area contributed by atoms with Crippen molar-refractivity contribution in [1.29, 1.82) is 0 Å². The highest BCUT2D eigenvalue weighted by Crippen LogP contribution is 2.37. The van der Waals surface area contributed by atoms with Gasteiger partial charge < -0.3 is 34.3 Å². The van der Waals surface area contributed by atoms with Gasteiger partial charge in [-0.1, -0.05) is 18.2 Å². The summed E-state index contributed by atoms with van der Waals surface area (Å²) in [5.74, 6) is 0.749. The van der Waals surface area contributed by atoms with E-state index in [0.717, 1.165) is 22.3 Å². The average Bonchev–Trinajstić information content (AvgIpc) is 3.15. The second-order valence-electron chi connectivity index (χ2n) is 6.88. The summed E-state index contributed by atoms with van der Waals surface area (Å²) in [4.78, 5) is 0. The topological polar surface area (TPSA) is 113 Å². The lowest BCUT2D eigenvalue weighted by Gasteiger charge is -2.40. The largest absolute Gasteiger partial charge is 0.497 e. The maximum Gasteiger partial charge on any atom is 0.134 e. The van der Waals surface area contributed by atoms with Crippen LogP contribution < -0.4 is 4.74 Å². The first-order valence-corrected chi connectivity index (χ1v) is 8.99. The number of benzene rings is 2. The minimum absolute atomic E-state index is 0.466. The summed E-state index contributed by atoms with van der Waals surface area (Å²) >= 11 is 0. The molecule has 0 radical (unpaired) electrons. The molecule has 1 fully saturated rings. The highest BCUT2D eigenvalue weighted by Gasteiger charge is 2.44. The lowest BCUT2D eigenvalue weighted by atomic mass is 9.90. The number of aliphatic hydroxyl groups is 4. The van der Waals surface area contributed by atoms with Crippen LogP contribution >= 0.6 is 0 Å². The summed E-state index contributed by atoms with van der Waals surface area (Å²) in [5.41, 5.74) is 3.08. The zero-order valence-corrected chi connectivity index (χ0v) is 15.2. The van der Waals surface area contributed by atoms with Gasteiger partial charge in [0.15, 0.2) is 0 Å². The van der Waals surface area contributed by atoms with Crippen molar-refractivity contribution in [3.05, 3.63) is 54.3 Å². The van der Waals surface area contributed by atoms with Crippen molar-refractivity contribution in [2.24, 2.45) is 0 Å². The first-order chi connectivity index (χ1) is 13.5. The molecule has 0 aliphatic carbocycles. The molecule has 1 aromatic heterocycles. The molecule has 0 bridgehead atoms. The highest BCUT2D eigenvalue weighted by atomic mass is 16.5. The van der Waals surface area contributed by atoms with Crippen molar-refractivity contribution in [2.45, 2.75) is 30.5 Å². The molecule has 7 nitrogen and oxygen atoms in total. The maximum absolute atomic E-state index is 10.4. The van der Waals surface area contributed by atoms with Crippen LogP contribution in [0.3, 0.4) is 0 Å². The second kappa shape index (κ2) is 7.54. The van der Waals surface area contributed by atoms with Gasteiger partial charge in [-0.2, -0.15) is 0 Å². The Kier molecular flexibility index (Phi) is 5.09. The van der Waals surface area contributed by atoms with Gasteiger partial charge in [-0.05, 0) is 35.4 Å². The van der Waals surface area contributed by atoms with Crippen molar-refractivity contribution in [2.75, 3.05) is 13.7 Å². The molecule has 5 atom stereocenters. The van der Waals surface area contributed by atoms with Crippen LogP contribution in [0, 0.1) is 0 Å². The van der Waals surface area contributed by atoms with Crippen molar-refractivity contribution >= 4 is 11.0 Å². The fourth-order valence-electron chi connectivity index (χ4n) is 3.59. The SMILES string of the molecule is COc1ccc(-c2coc3ccc([C@@H]4O[C@H](CO)[C@@H](O)[C@H](O)[C@H]4O)cc23)cc1. The molecule has 1 aliphatic heterocycles. The number of furan rings is 1. The van der Waals surface area contributed by atoms with E-state index in [4.69, 9.17) is 13.9 Å². The third-order valence-corrected chi connectivity index (χ3v) is 5.22. The van der Waals surface area contributed by atoms with Crippen molar-refractivity contribution in [3.8, 4) is 16.9 Å². The van der Waals surface area contributed by atoms with Gasteiger partial charge in [0.2, 0.25) is 0 Å². The predicted octanol–water partition coefficient (Wildman–Crippen LogP) is 1.62. The smallest absolute Gasteiger partial charge is 0.134 e. The Bertz CT molecular complexity index is 947. The van der Waals surface area contributed by atoms with E-state index in [2.05, 4.69) is 0 Å². The van der Waals surface area contributed by atoms with Gasteiger partial charge in [-0.25, -0.2) is 0 Å². The molecule has 3 aromatic rings. The minimum atomic E-state index is -1.42. The van der Waals surface area contributed by atoms with Gasteiger partial charge >= 0.3 is 0 Å². The molecule has 2 aromatic carbocycles. The molecule has 0 saturated carbocycles. The van der Waals surface area contributed by atoms with E-state index >= 15 is 0 Å². The van der Waals surface area contributed by atoms with Crippen molar-refractivity contribution in [3.63, 3.8) is 0 Å². The summed E-state index contributed by atoms with van der Waals surface area (Å²) < 4.78 is 16.5. The van der Waals surface area contributed by atoms with Crippen LogP contribution in [0.4, 0.5) is 0 Å². The van der Waals surface area contributed by atoms with E-state index in [1.54, 1.807) is 25.5 Å². The molecule has 148 valence electrons. The third-order valence-electron chi connectivity index (χ3n) is 5.22. The number of methoxy groups -OCH3 is 1. The second-order valence-corrected chi connectivity index (χ2v) is 6.88. The van der Waals surface area contributed by atoms with E-state index < -0.39 is 37.1 Å². The maximum atomic E-state index is 10.4. The van der Waals surface area contributed by atoms with Gasteiger partial charge in [0.1, 0.15) is 41.9 Å². The Morgan fingerprint density at radius 1 is 0.964 bits per heavy atom. The molecular weight excluding hydrogens is 364 g/mol. The number of rotatable bonds is 4. The number of hydrogen-bond donors (Lipinski definition) is 4. The Balaban J connectivity index is 1.72. The number of aliphatic hydroxyl groups excluding tert-OH is 4. The molecule has 1 saturated heterocycles. The van der Waals surface area contributed by atoms with Crippen LogP contribution in [0.1, 0.15) is 11.7 Å². The van der Waals surface area contributed by atoms with Crippen LogP contribution in [0.5, 0.6) is 5.75 Å². The normalized spacial score (nSPS) is 27.8. The lowest BCUT2D eigenvalue weighted by Crippen LogP contribution is -2.55. The number of hydrogen-bond acceptors (Lipinski definition) is 7. The van der Waals surface area contributed by atoms with E-state index in [0.29, 0.717) is 11.1 Å². The molecule has 0 unspecified atom stereocenters. The Labute approximate surface area is 161 Å². The third kappa shape index (κ3) is 3.17. The Hall–Kier alpha value is -2.42. The quantitative estimate of drug-likeness (QED) is 0.539. The molecule has 4 N–H and O–H groups in total. The van der Waals surface area contributed by atoms with E-state index in [9.17, 15) is 20.4 Å². The van der Waals surface area contributed by atoms with Crippen LogP contribution in [-0.4, -0.2) is 58.6 Å². The Morgan fingerprint density at radius 2 is 1.71 bits per heavy atom. The van der Waals surface area contributed by atoms with E-state index in [1.165, 1.54) is 0 Å². The summed E-state index contributed by atoms with van der Waals surface area (Å²) in [7, 11) is 1.61. The van der Waals surface area contributed by atoms with Crippen LogP contribution in [-0.2, 0) is 4.74 Å². The zero-order valence-electron chi connectivity index (χ0n) is 15.2. The number of ether oxygens (including phenoxy) is 2. The fraction of sp³-hybridized carbons (Fsp3) is 0.333. The fourth-order valence-corrected chi connectivity index (χ4v) is 3.59. The molecule has 2 heterocycles. The lowest BCUT2D eigenvalue weighted by molar-refractivity contribution is -0.231. The predicted molar refractivity (Wildman–Crippen MR) is 101 cm³/mol. The first-order valence-electron chi connectivity index (χ1n) is 8.99. The Morgan fingerprint density at radius 3 is 2.39 bits per heavy atom. The molecule has 28 heavy (non-hydrogen) atoms. The van der Waals surface area contributed by atoms with Crippen molar-refractivity contribution < 1.29 is 34.3 Å². The summed E-state index contributed by atoms with van der Waals surface area (Å²) in [5, 5.41) is 40.6. The summed E-state index contributed by atoms with van der Waals surface area (Å²) in [6.07, 6.45) is -4.32. The van der Waals surface area contributed by atoms with E-state index in [1.807, 2.05) is 30.3 Å². The van der Waals surface area contributed by atoms with Gasteiger partial charge in [0.25, 0.3) is 0 Å². The number of fused-ring (bicyclic) bond motifs is 1. The standard InChI is InChI=1S/C21H22O7/c1-26-13-5-2-11(3-6-13)15-10-27-16-7-4-12(8-14(15)16)21-20(25)19(24)18(23)17(9-22)28-21/h2-8,10,17-25H,9H2,1H3/t17-,18-,19+,20-,21+/m1/s1. The average molecular weight is 386 g/mol. The van der Waals surface area contributed by atoms with Gasteiger partial charge in [0, 0.05) is 10.9 Å². The summed E-state index contributed by atoms with van der Waals surface area (Å²) in [6.45, 7) is -0.466. The van der Waals surface area contributed by atoms with Crippen LogP contribution in [0.2, 0.25) is 0 Å². The van der Waals surface area contributed by atoms with Gasteiger partial charge in [0.05, 0.1) is 20.0 Å².